The highest BCUT2D eigenvalue weighted by Gasteiger charge is 2.34. The smallest absolute Gasteiger partial charge is 0.287 e. The van der Waals surface area contributed by atoms with Crippen LogP contribution in [0.5, 0.6) is 0 Å². The Hall–Kier alpha value is -1.35. The first-order valence-corrected chi connectivity index (χ1v) is 9.97. The number of halogens is 1. The summed E-state index contributed by atoms with van der Waals surface area (Å²) in [7, 11) is -3.07. The number of nitrogens with one attached hydrogen (secondary N) is 1. The molecule has 23 heavy (non-hydrogen) atoms. The van der Waals surface area contributed by atoms with E-state index in [-0.39, 0.29) is 35.8 Å². The zero-order chi connectivity index (χ0) is 17.0. The number of amides is 2. The molecule has 128 valence electrons. The fourth-order valence-corrected chi connectivity index (χ4v) is 4.59. The van der Waals surface area contributed by atoms with Crippen molar-refractivity contribution in [1.29, 1.82) is 0 Å². The Morgan fingerprint density at radius 1 is 1.43 bits per heavy atom. The molecule has 9 heteroatoms. The summed E-state index contributed by atoms with van der Waals surface area (Å²) < 4.78 is 28.7. The second-order valence-corrected chi connectivity index (χ2v) is 8.44. The molecule has 2 heterocycles. The molecule has 1 aliphatic rings. The molecule has 2 amide bonds. The summed E-state index contributed by atoms with van der Waals surface area (Å²) >= 11 is 3.10. The van der Waals surface area contributed by atoms with Crippen LogP contribution in [0.25, 0.3) is 0 Å². The lowest BCUT2D eigenvalue weighted by atomic mass is 10.2. The van der Waals surface area contributed by atoms with Gasteiger partial charge in [-0.3, -0.25) is 9.59 Å². The van der Waals surface area contributed by atoms with Gasteiger partial charge in [-0.05, 0) is 40.9 Å². The van der Waals surface area contributed by atoms with E-state index >= 15 is 0 Å². The van der Waals surface area contributed by atoms with E-state index in [4.69, 9.17) is 4.42 Å². The maximum absolute atomic E-state index is 12.3. The van der Waals surface area contributed by atoms with Gasteiger partial charge in [0, 0.05) is 12.6 Å². The highest BCUT2D eigenvalue weighted by Crippen LogP contribution is 2.18. The molecule has 1 atom stereocenters. The Balaban J connectivity index is 1.94. The average molecular weight is 407 g/mol. The zero-order valence-corrected chi connectivity index (χ0v) is 15.2. The molecule has 7 nitrogen and oxygen atoms in total. The molecule has 1 saturated heterocycles. The Morgan fingerprint density at radius 3 is 2.70 bits per heavy atom. The van der Waals surface area contributed by atoms with E-state index in [2.05, 4.69) is 21.2 Å². The zero-order valence-electron chi connectivity index (χ0n) is 12.7. The maximum Gasteiger partial charge on any atom is 0.287 e. The second-order valence-electron chi connectivity index (χ2n) is 5.43. The Bertz CT molecular complexity index is 685. The van der Waals surface area contributed by atoms with Gasteiger partial charge in [0.15, 0.2) is 20.3 Å². The first-order chi connectivity index (χ1) is 10.8. The lowest BCUT2D eigenvalue weighted by Gasteiger charge is -2.28. The van der Waals surface area contributed by atoms with Gasteiger partial charge >= 0.3 is 0 Å². The van der Waals surface area contributed by atoms with E-state index in [9.17, 15) is 18.0 Å². The number of hydrogen-bond donors (Lipinski definition) is 1. The first kappa shape index (κ1) is 18.0. The van der Waals surface area contributed by atoms with Crippen LogP contribution in [0.3, 0.4) is 0 Å². The van der Waals surface area contributed by atoms with Gasteiger partial charge in [0.1, 0.15) is 0 Å². The van der Waals surface area contributed by atoms with Gasteiger partial charge in [-0.1, -0.05) is 6.92 Å². The molecule has 0 spiro atoms. The van der Waals surface area contributed by atoms with Gasteiger partial charge in [-0.25, -0.2) is 8.42 Å². The highest BCUT2D eigenvalue weighted by atomic mass is 79.9. The predicted molar refractivity (Wildman–Crippen MR) is 87.8 cm³/mol. The number of rotatable bonds is 6. The third kappa shape index (κ3) is 4.81. The monoisotopic (exact) mass is 406 g/mol. The van der Waals surface area contributed by atoms with Crippen LogP contribution in [0.1, 0.15) is 30.3 Å². The summed E-state index contributed by atoms with van der Waals surface area (Å²) in [6.45, 7) is 2.21. The standard InChI is InChI=1S/C14H19BrN2O5S/c1-2-6-17(10-5-7-23(20,21)9-10)13(18)8-16-14(19)11-3-4-12(15)22-11/h3-4,10H,2,5-9H2,1H3,(H,16,19). The molecule has 1 aromatic rings. The number of furan rings is 1. The molecule has 1 aromatic heterocycles. The van der Waals surface area contributed by atoms with Crippen LogP contribution in [0.15, 0.2) is 21.2 Å². The minimum atomic E-state index is -3.07. The Labute approximate surface area is 143 Å². The van der Waals surface area contributed by atoms with Gasteiger partial charge in [0.2, 0.25) is 5.91 Å². The summed E-state index contributed by atoms with van der Waals surface area (Å²) in [6, 6.07) is 2.78. The first-order valence-electron chi connectivity index (χ1n) is 7.36. The molecule has 1 unspecified atom stereocenters. The lowest BCUT2D eigenvalue weighted by molar-refractivity contribution is -0.132. The molecule has 0 aliphatic carbocycles. The van der Waals surface area contributed by atoms with Crippen LogP contribution in [-0.4, -0.2) is 55.8 Å². The molecule has 0 bridgehead atoms. The van der Waals surface area contributed by atoms with Gasteiger partial charge in [0.25, 0.3) is 5.91 Å². The lowest BCUT2D eigenvalue weighted by Crippen LogP contribution is -2.46. The second kappa shape index (κ2) is 7.48. The number of sulfone groups is 1. The minimum Gasteiger partial charge on any atom is -0.444 e. The van der Waals surface area contributed by atoms with E-state index < -0.39 is 15.7 Å². The van der Waals surface area contributed by atoms with Crippen molar-refractivity contribution in [2.45, 2.75) is 25.8 Å². The van der Waals surface area contributed by atoms with E-state index in [1.807, 2.05) is 6.92 Å². The van der Waals surface area contributed by atoms with E-state index in [1.54, 1.807) is 11.0 Å². The van der Waals surface area contributed by atoms with Crippen molar-refractivity contribution in [3.05, 3.63) is 22.6 Å². The third-order valence-electron chi connectivity index (χ3n) is 3.63. The normalized spacial score (nSPS) is 19.5. The topological polar surface area (TPSA) is 96.7 Å². The van der Waals surface area contributed by atoms with Gasteiger partial charge in [0.05, 0.1) is 18.1 Å². The molecular formula is C14H19BrN2O5S. The van der Waals surface area contributed by atoms with Gasteiger partial charge in [-0.15, -0.1) is 0 Å². The van der Waals surface area contributed by atoms with Crippen molar-refractivity contribution in [3.63, 3.8) is 0 Å². The Kier molecular flexibility index (Phi) is 5.85. The Morgan fingerprint density at radius 2 is 2.17 bits per heavy atom. The average Bonchev–Trinajstić information content (AvgIpc) is 3.07. The minimum absolute atomic E-state index is 0.00217. The summed E-state index contributed by atoms with van der Waals surface area (Å²) in [6.07, 6.45) is 1.18. The third-order valence-corrected chi connectivity index (χ3v) is 5.81. The van der Waals surface area contributed by atoms with Crippen molar-refractivity contribution < 1.29 is 22.4 Å². The number of carbonyl (C=O) groups excluding carboxylic acids is 2. The molecule has 0 aromatic carbocycles. The SMILES string of the molecule is CCCN(C(=O)CNC(=O)c1ccc(Br)o1)C1CCS(=O)(=O)C1. The van der Waals surface area contributed by atoms with Crippen molar-refractivity contribution >= 4 is 37.6 Å². The summed E-state index contributed by atoms with van der Waals surface area (Å²) in [4.78, 5) is 25.8. The number of hydrogen-bond acceptors (Lipinski definition) is 5. The van der Waals surface area contributed by atoms with Crippen molar-refractivity contribution in [2.24, 2.45) is 0 Å². The summed E-state index contributed by atoms with van der Waals surface area (Å²) in [5.41, 5.74) is 0. The van der Waals surface area contributed by atoms with Gasteiger partial charge in [-0.2, -0.15) is 0 Å². The largest absolute Gasteiger partial charge is 0.444 e. The van der Waals surface area contributed by atoms with Crippen LogP contribution < -0.4 is 5.32 Å². The van der Waals surface area contributed by atoms with Crippen LogP contribution in [0.2, 0.25) is 0 Å². The fraction of sp³-hybridized carbons (Fsp3) is 0.571. The molecular weight excluding hydrogens is 388 g/mol. The van der Waals surface area contributed by atoms with Crippen LogP contribution in [0, 0.1) is 0 Å². The summed E-state index contributed by atoms with van der Waals surface area (Å²) in [5.74, 6) is -0.557. The van der Waals surface area contributed by atoms with Crippen LogP contribution in [-0.2, 0) is 14.6 Å². The maximum atomic E-state index is 12.3. The fourth-order valence-electron chi connectivity index (χ4n) is 2.55. The van der Waals surface area contributed by atoms with E-state index in [0.717, 1.165) is 6.42 Å². The number of nitrogens with zero attached hydrogens (tertiary/aromatic N) is 1. The molecule has 1 aliphatic heterocycles. The van der Waals surface area contributed by atoms with Crippen molar-refractivity contribution in [1.82, 2.24) is 10.2 Å². The molecule has 2 rings (SSSR count). The number of carbonyl (C=O) groups is 2. The van der Waals surface area contributed by atoms with Crippen molar-refractivity contribution in [3.8, 4) is 0 Å². The summed E-state index contributed by atoms with van der Waals surface area (Å²) in [5, 5.41) is 2.50. The van der Waals surface area contributed by atoms with E-state index in [1.165, 1.54) is 6.07 Å². The van der Waals surface area contributed by atoms with Gasteiger partial charge < -0.3 is 14.6 Å². The van der Waals surface area contributed by atoms with E-state index in [0.29, 0.717) is 17.6 Å². The molecule has 1 N–H and O–H groups in total. The predicted octanol–water partition coefficient (Wildman–Crippen LogP) is 1.20. The molecule has 1 fully saturated rings. The van der Waals surface area contributed by atoms with Crippen molar-refractivity contribution in [2.75, 3.05) is 24.6 Å². The molecule has 0 radical (unpaired) electrons. The van der Waals surface area contributed by atoms with Crippen LogP contribution in [0.4, 0.5) is 0 Å². The quantitative estimate of drug-likeness (QED) is 0.765. The molecule has 0 saturated carbocycles. The van der Waals surface area contributed by atoms with Crippen LogP contribution >= 0.6 is 15.9 Å². The highest BCUT2D eigenvalue weighted by molar-refractivity contribution is 9.10.